The van der Waals surface area contributed by atoms with Crippen LogP contribution in [0.5, 0.6) is 0 Å². The molecule has 2 aromatic rings. The van der Waals surface area contributed by atoms with Crippen LogP contribution >= 0.6 is 0 Å². The Labute approximate surface area is 127 Å². The summed E-state index contributed by atoms with van der Waals surface area (Å²) in [7, 11) is 1.64. The first-order chi connectivity index (χ1) is 10.4. The van der Waals surface area contributed by atoms with E-state index in [0.29, 0.717) is 30.2 Å². The number of fused-ring (bicyclic) bond motifs is 3. The Morgan fingerprint density at radius 1 is 1.27 bits per heavy atom. The van der Waals surface area contributed by atoms with Gasteiger partial charge >= 0.3 is 5.69 Å². The standard InChI is InChI=1S/C14H20N6O2/c1-6-18-12(21)10-11(17(5)14(18)22)15-13-19(10)7-9(4)16-20(13)8(2)3/h8H,6-7H2,1-5H3. The van der Waals surface area contributed by atoms with E-state index in [-0.39, 0.29) is 17.3 Å². The number of rotatable bonds is 2. The van der Waals surface area contributed by atoms with Gasteiger partial charge in [0.15, 0.2) is 11.2 Å². The second kappa shape index (κ2) is 4.82. The van der Waals surface area contributed by atoms with Crippen LogP contribution in [0.3, 0.4) is 0 Å². The summed E-state index contributed by atoms with van der Waals surface area (Å²) in [6.07, 6.45) is 0. The van der Waals surface area contributed by atoms with Crippen LogP contribution in [0.4, 0.5) is 5.95 Å². The Morgan fingerprint density at radius 2 is 1.95 bits per heavy atom. The minimum atomic E-state index is -0.343. The Balaban J connectivity index is 2.44. The van der Waals surface area contributed by atoms with Crippen LogP contribution < -0.4 is 16.3 Å². The Morgan fingerprint density at radius 3 is 2.55 bits per heavy atom. The summed E-state index contributed by atoms with van der Waals surface area (Å²) in [5, 5.41) is 6.30. The van der Waals surface area contributed by atoms with Gasteiger partial charge in [0.1, 0.15) is 0 Å². The fourth-order valence-corrected chi connectivity index (χ4v) is 2.80. The predicted molar refractivity (Wildman–Crippen MR) is 85.6 cm³/mol. The average Bonchev–Trinajstić information content (AvgIpc) is 2.84. The molecule has 3 heterocycles. The second-order valence-corrected chi connectivity index (χ2v) is 5.83. The Hall–Kier alpha value is -2.38. The molecule has 0 unspecified atom stereocenters. The molecule has 3 rings (SSSR count). The summed E-state index contributed by atoms with van der Waals surface area (Å²) in [5.41, 5.74) is 1.13. The first kappa shape index (κ1) is 14.6. The number of imidazole rings is 1. The number of aromatic nitrogens is 4. The molecule has 0 spiro atoms. The highest BCUT2D eigenvalue weighted by Crippen LogP contribution is 2.25. The summed E-state index contributed by atoms with van der Waals surface area (Å²) in [6.45, 7) is 8.57. The minimum absolute atomic E-state index is 0.108. The van der Waals surface area contributed by atoms with Crippen LogP contribution in [0, 0.1) is 0 Å². The summed E-state index contributed by atoms with van der Waals surface area (Å²) in [5.74, 6) is 0.608. The van der Waals surface area contributed by atoms with Gasteiger partial charge in [0.05, 0.1) is 18.3 Å². The molecule has 1 aliphatic rings. The molecule has 2 aromatic heterocycles. The molecule has 0 saturated carbocycles. The molecular formula is C14H20N6O2. The normalized spacial score (nSPS) is 14.6. The lowest BCUT2D eigenvalue weighted by molar-refractivity contribution is 0.630. The van der Waals surface area contributed by atoms with E-state index in [1.165, 1.54) is 9.13 Å². The number of hydrogen-bond acceptors (Lipinski definition) is 5. The maximum atomic E-state index is 12.7. The molecule has 0 fully saturated rings. The molecule has 0 aromatic carbocycles. The van der Waals surface area contributed by atoms with Crippen LogP contribution in [-0.4, -0.2) is 30.4 Å². The topological polar surface area (TPSA) is 77.4 Å². The summed E-state index contributed by atoms with van der Waals surface area (Å²) in [6, 6.07) is 0.108. The van der Waals surface area contributed by atoms with E-state index >= 15 is 0 Å². The van der Waals surface area contributed by atoms with Crippen molar-refractivity contribution in [3.63, 3.8) is 0 Å². The van der Waals surface area contributed by atoms with Gasteiger partial charge in [-0.1, -0.05) is 0 Å². The first-order valence-electron chi connectivity index (χ1n) is 7.40. The van der Waals surface area contributed by atoms with Crippen molar-refractivity contribution in [2.75, 3.05) is 5.01 Å². The molecule has 0 amide bonds. The predicted octanol–water partition coefficient (Wildman–Crippen LogP) is 0.521. The minimum Gasteiger partial charge on any atom is -0.297 e. The van der Waals surface area contributed by atoms with Crippen molar-refractivity contribution in [3.8, 4) is 0 Å². The number of hydrazone groups is 1. The smallest absolute Gasteiger partial charge is 0.297 e. The molecule has 0 saturated heterocycles. The molecule has 0 atom stereocenters. The maximum absolute atomic E-state index is 12.7. The van der Waals surface area contributed by atoms with E-state index in [1.54, 1.807) is 19.0 Å². The molecule has 0 radical (unpaired) electrons. The maximum Gasteiger partial charge on any atom is 0.332 e. The SMILES string of the molecule is CCn1c(=O)c2c(nc3n2CC(C)=NN3C(C)C)n(C)c1=O. The fraction of sp³-hybridized carbons (Fsp3) is 0.571. The highest BCUT2D eigenvalue weighted by molar-refractivity contribution is 5.87. The van der Waals surface area contributed by atoms with Gasteiger partial charge in [-0.3, -0.25) is 18.5 Å². The zero-order valence-electron chi connectivity index (χ0n) is 13.5. The zero-order valence-corrected chi connectivity index (χ0v) is 13.5. The average molecular weight is 304 g/mol. The second-order valence-electron chi connectivity index (χ2n) is 5.83. The van der Waals surface area contributed by atoms with Gasteiger partial charge in [0, 0.05) is 13.6 Å². The lowest BCUT2D eigenvalue weighted by Gasteiger charge is -2.27. The molecule has 8 nitrogen and oxygen atoms in total. The zero-order chi connectivity index (χ0) is 16.2. The van der Waals surface area contributed by atoms with Crippen molar-refractivity contribution in [3.05, 3.63) is 20.8 Å². The van der Waals surface area contributed by atoms with Crippen molar-refractivity contribution in [2.24, 2.45) is 12.1 Å². The van der Waals surface area contributed by atoms with Crippen molar-refractivity contribution >= 4 is 22.8 Å². The van der Waals surface area contributed by atoms with Gasteiger partial charge < -0.3 is 0 Å². The quantitative estimate of drug-likeness (QED) is 0.810. The van der Waals surface area contributed by atoms with Gasteiger partial charge in [-0.2, -0.15) is 10.1 Å². The van der Waals surface area contributed by atoms with E-state index in [1.807, 2.05) is 25.3 Å². The summed E-state index contributed by atoms with van der Waals surface area (Å²) < 4.78 is 4.52. The molecule has 8 heteroatoms. The molecule has 0 aliphatic carbocycles. The number of nitrogens with zero attached hydrogens (tertiary/aromatic N) is 6. The van der Waals surface area contributed by atoms with Gasteiger partial charge in [-0.05, 0) is 27.7 Å². The third-order valence-electron chi connectivity index (χ3n) is 3.89. The number of aryl methyl sites for hydroxylation is 1. The van der Waals surface area contributed by atoms with Gasteiger partial charge in [-0.25, -0.2) is 9.80 Å². The Bertz CT molecular complexity index is 899. The van der Waals surface area contributed by atoms with Gasteiger partial charge in [0.2, 0.25) is 5.95 Å². The highest BCUT2D eigenvalue weighted by atomic mass is 16.2. The molecule has 0 bridgehead atoms. The largest absolute Gasteiger partial charge is 0.332 e. The molecule has 0 N–H and O–H groups in total. The van der Waals surface area contributed by atoms with Crippen LogP contribution in [0.2, 0.25) is 0 Å². The van der Waals surface area contributed by atoms with Crippen molar-refractivity contribution in [2.45, 2.75) is 46.8 Å². The fourth-order valence-electron chi connectivity index (χ4n) is 2.80. The molecular weight excluding hydrogens is 284 g/mol. The lowest BCUT2D eigenvalue weighted by Crippen LogP contribution is -2.39. The van der Waals surface area contributed by atoms with Crippen LogP contribution in [0.25, 0.3) is 11.2 Å². The molecule has 118 valence electrons. The van der Waals surface area contributed by atoms with Gasteiger partial charge in [-0.15, -0.1) is 0 Å². The third kappa shape index (κ3) is 1.83. The van der Waals surface area contributed by atoms with E-state index in [4.69, 9.17) is 0 Å². The monoisotopic (exact) mass is 304 g/mol. The van der Waals surface area contributed by atoms with E-state index in [9.17, 15) is 9.59 Å². The highest BCUT2D eigenvalue weighted by Gasteiger charge is 2.27. The van der Waals surface area contributed by atoms with E-state index < -0.39 is 0 Å². The van der Waals surface area contributed by atoms with Crippen LogP contribution in [0.15, 0.2) is 14.7 Å². The van der Waals surface area contributed by atoms with Crippen molar-refractivity contribution in [1.82, 2.24) is 18.7 Å². The summed E-state index contributed by atoms with van der Waals surface area (Å²) in [4.78, 5) is 29.5. The van der Waals surface area contributed by atoms with E-state index in [0.717, 1.165) is 5.71 Å². The van der Waals surface area contributed by atoms with Gasteiger partial charge in [0.25, 0.3) is 5.56 Å². The Kier molecular flexibility index (Phi) is 3.19. The van der Waals surface area contributed by atoms with Crippen LogP contribution in [0.1, 0.15) is 27.7 Å². The number of anilines is 1. The van der Waals surface area contributed by atoms with Crippen LogP contribution in [-0.2, 0) is 20.1 Å². The van der Waals surface area contributed by atoms with Crippen molar-refractivity contribution in [1.29, 1.82) is 0 Å². The summed E-state index contributed by atoms with van der Waals surface area (Å²) >= 11 is 0. The molecule has 1 aliphatic heterocycles. The lowest BCUT2D eigenvalue weighted by atomic mass is 10.3. The first-order valence-corrected chi connectivity index (χ1v) is 7.40. The number of hydrogen-bond donors (Lipinski definition) is 0. The van der Waals surface area contributed by atoms with E-state index in [2.05, 4.69) is 10.1 Å². The third-order valence-corrected chi connectivity index (χ3v) is 3.89. The van der Waals surface area contributed by atoms with Crippen molar-refractivity contribution < 1.29 is 0 Å². The molecule has 22 heavy (non-hydrogen) atoms.